The van der Waals surface area contributed by atoms with E-state index in [-0.39, 0.29) is 11.8 Å². The molecule has 1 N–H and O–H groups in total. The Balaban J connectivity index is 2.70. The molecule has 1 rings (SSSR count). The molecule has 2 atom stereocenters. The third kappa shape index (κ3) is 3.58. The van der Waals surface area contributed by atoms with Crippen molar-refractivity contribution in [1.82, 2.24) is 4.90 Å². The smallest absolute Gasteiger partial charge is 0.307 e. The van der Waals surface area contributed by atoms with Crippen molar-refractivity contribution in [3.8, 4) is 0 Å². The topological polar surface area (TPSA) is 57.6 Å². The van der Waals surface area contributed by atoms with Gasteiger partial charge in [-0.2, -0.15) is 0 Å². The molecule has 0 bridgehead atoms. The van der Waals surface area contributed by atoms with Gasteiger partial charge in [0.05, 0.1) is 11.8 Å². The Kier molecular flexibility index (Phi) is 4.73. The predicted molar refractivity (Wildman–Crippen MR) is 65.5 cm³/mol. The number of carbonyl (C=O) groups is 2. The summed E-state index contributed by atoms with van der Waals surface area (Å²) < 4.78 is 0. The Labute approximate surface area is 102 Å². The highest BCUT2D eigenvalue weighted by atomic mass is 16.4. The lowest BCUT2D eigenvalue weighted by molar-refractivity contribution is -0.151. The van der Waals surface area contributed by atoms with Gasteiger partial charge in [-0.05, 0) is 19.8 Å². The molecule has 4 nitrogen and oxygen atoms in total. The number of rotatable bonds is 4. The van der Waals surface area contributed by atoms with Gasteiger partial charge in [0.25, 0.3) is 0 Å². The molecule has 0 aromatic carbocycles. The molecular formula is C13H21NO3. The van der Waals surface area contributed by atoms with Crippen molar-refractivity contribution in [2.24, 2.45) is 11.8 Å². The molecule has 96 valence electrons. The number of hydrogen-bond acceptors (Lipinski definition) is 2. The van der Waals surface area contributed by atoms with E-state index >= 15 is 0 Å². The average molecular weight is 239 g/mol. The quantitative estimate of drug-likeness (QED) is 0.762. The zero-order valence-corrected chi connectivity index (χ0v) is 10.6. The Bertz CT molecular complexity index is 325. The lowest BCUT2D eigenvalue weighted by Gasteiger charge is -2.31. The number of carboxylic acid groups (broad SMARTS) is 1. The molecule has 0 saturated heterocycles. The van der Waals surface area contributed by atoms with Gasteiger partial charge in [0.1, 0.15) is 0 Å². The van der Waals surface area contributed by atoms with Crippen LogP contribution in [0.4, 0.5) is 0 Å². The van der Waals surface area contributed by atoms with Crippen LogP contribution < -0.4 is 0 Å². The van der Waals surface area contributed by atoms with Gasteiger partial charge in [0, 0.05) is 13.6 Å². The summed E-state index contributed by atoms with van der Waals surface area (Å²) in [4.78, 5) is 24.9. The second kappa shape index (κ2) is 5.84. The monoisotopic (exact) mass is 239 g/mol. The maximum atomic E-state index is 12.2. The summed E-state index contributed by atoms with van der Waals surface area (Å²) in [6.07, 6.45) is 3.16. The van der Waals surface area contributed by atoms with Gasteiger partial charge in [-0.1, -0.05) is 25.0 Å². The van der Waals surface area contributed by atoms with E-state index in [1.54, 1.807) is 11.9 Å². The molecule has 1 amide bonds. The minimum Gasteiger partial charge on any atom is -0.481 e. The summed E-state index contributed by atoms with van der Waals surface area (Å²) in [6, 6.07) is 0. The highest BCUT2D eigenvalue weighted by Gasteiger charge is 2.36. The molecule has 1 fully saturated rings. The van der Waals surface area contributed by atoms with Crippen molar-refractivity contribution in [3.63, 3.8) is 0 Å². The Morgan fingerprint density at radius 2 is 1.82 bits per heavy atom. The third-order valence-electron chi connectivity index (χ3n) is 3.28. The van der Waals surface area contributed by atoms with Gasteiger partial charge in [0.15, 0.2) is 0 Å². The van der Waals surface area contributed by atoms with Crippen LogP contribution in [0.2, 0.25) is 0 Å². The molecule has 0 aliphatic heterocycles. The van der Waals surface area contributed by atoms with E-state index in [1.165, 1.54) is 0 Å². The van der Waals surface area contributed by atoms with E-state index in [1.807, 2.05) is 6.92 Å². The maximum Gasteiger partial charge on any atom is 0.307 e. The molecule has 0 aromatic rings. The van der Waals surface area contributed by atoms with Crippen LogP contribution >= 0.6 is 0 Å². The molecule has 0 spiro atoms. The van der Waals surface area contributed by atoms with Gasteiger partial charge in [0.2, 0.25) is 5.91 Å². The first-order valence-electron chi connectivity index (χ1n) is 6.05. The average Bonchev–Trinajstić information content (AvgIpc) is 2.27. The number of carboxylic acids is 1. The molecule has 0 heterocycles. The van der Waals surface area contributed by atoms with Crippen molar-refractivity contribution < 1.29 is 14.7 Å². The summed E-state index contributed by atoms with van der Waals surface area (Å²) in [6.45, 7) is 6.13. The predicted octanol–water partition coefficient (Wildman–Crippen LogP) is 1.91. The maximum absolute atomic E-state index is 12.2. The summed E-state index contributed by atoms with van der Waals surface area (Å²) in [7, 11) is 1.71. The summed E-state index contributed by atoms with van der Waals surface area (Å²) in [5, 5.41) is 9.13. The van der Waals surface area contributed by atoms with Gasteiger partial charge in [-0.3, -0.25) is 9.59 Å². The first-order chi connectivity index (χ1) is 7.93. The largest absolute Gasteiger partial charge is 0.481 e. The highest BCUT2D eigenvalue weighted by Crippen LogP contribution is 2.31. The fraction of sp³-hybridized carbons (Fsp3) is 0.692. The van der Waals surface area contributed by atoms with Crippen molar-refractivity contribution >= 4 is 11.9 Å². The van der Waals surface area contributed by atoms with E-state index in [2.05, 4.69) is 6.58 Å². The van der Waals surface area contributed by atoms with E-state index in [0.717, 1.165) is 18.4 Å². The molecular weight excluding hydrogens is 218 g/mol. The molecule has 4 heteroatoms. The second-order valence-corrected chi connectivity index (χ2v) is 4.99. The van der Waals surface area contributed by atoms with Crippen molar-refractivity contribution in [2.75, 3.05) is 13.6 Å². The molecule has 0 aromatic heterocycles. The van der Waals surface area contributed by atoms with E-state index in [9.17, 15) is 9.59 Å². The van der Waals surface area contributed by atoms with E-state index < -0.39 is 11.9 Å². The normalized spacial score (nSPS) is 24.1. The van der Waals surface area contributed by atoms with Crippen LogP contribution in [-0.4, -0.2) is 35.5 Å². The number of carbonyl (C=O) groups excluding carboxylic acids is 1. The molecule has 0 unspecified atom stereocenters. The number of likely N-dealkylation sites (N-methyl/N-ethyl adjacent to an activating group) is 1. The van der Waals surface area contributed by atoms with Crippen LogP contribution in [-0.2, 0) is 9.59 Å². The molecule has 1 saturated carbocycles. The van der Waals surface area contributed by atoms with E-state index in [0.29, 0.717) is 19.4 Å². The Morgan fingerprint density at radius 1 is 1.29 bits per heavy atom. The number of aliphatic carboxylic acids is 1. The van der Waals surface area contributed by atoms with Crippen LogP contribution in [0.25, 0.3) is 0 Å². The van der Waals surface area contributed by atoms with Crippen LogP contribution in [0, 0.1) is 11.8 Å². The Hall–Kier alpha value is -1.32. The highest BCUT2D eigenvalue weighted by molar-refractivity contribution is 5.85. The van der Waals surface area contributed by atoms with Crippen molar-refractivity contribution in [2.45, 2.75) is 32.6 Å². The lowest BCUT2D eigenvalue weighted by atomic mass is 9.78. The first-order valence-corrected chi connectivity index (χ1v) is 6.05. The number of amides is 1. The van der Waals surface area contributed by atoms with Gasteiger partial charge in [-0.15, -0.1) is 0 Å². The minimum atomic E-state index is -0.841. The van der Waals surface area contributed by atoms with Gasteiger partial charge < -0.3 is 10.0 Å². The number of nitrogens with zero attached hydrogens (tertiary/aromatic N) is 1. The van der Waals surface area contributed by atoms with E-state index in [4.69, 9.17) is 5.11 Å². The fourth-order valence-electron chi connectivity index (χ4n) is 2.49. The first kappa shape index (κ1) is 13.7. The summed E-state index contributed by atoms with van der Waals surface area (Å²) >= 11 is 0. The van der Waals surface area contributed by atoms with Crippen LogP contribution in [0.5, 0.6) is 0 Å². The zero-order chi connectivity index (χ0) is 13.0. The lowest BCUT2D eigenvalue weighted by Crippen LogP contribution is -2.41. The van der Waals surface area contributed by atoms with Crippen molar-refractivity contribution in [3.05, 3.63) is 12.2 Å². The fourth-order valence-corrected chi connectivity index (χ4v) is 2.49. The van der Waals surface area contributed by atoms with Crippen LogP contribution in [0.1, 0.15) is 32.6 Å². The molecule has 0 radical (unpaired) electrons. The van der Waals surface area contributed by atoms with Crippen LogP contribution in [0.15, 0.2) is 12.2 Å². The summed E-state index contributed by atoms with van der Waals surface area (Å²) in [5.41, 5.74) is 0.906. The number of hydrogen-bond donors (Lipinski definition) is 1. The Morgan fingerprint density at radius 3 is 2.29 bits per heavy atom. The SMILES string of the molecule is C=C(C)CN(C)C(=O)[C@@H]1CCCC[C@@H]1C(=O)O. The standard InChI is InChI=1S/C13H21NO3/c1-9(2)8-14(3)12(15)10-6-4-5-7-11(10)13(16)17/h10-11H,1,4-8H2,2-3H3,(H,16,17)/t10-,11+/m1/s1. The summed E-state index contributed by atoms with van der Waals surface area (Å²) in [5.74, 6) is -1.76. The minimum absolute atomic E-state index is 0.0555. The zero-order valence-electron chi connectivity index (χ0n) is 10.6. The molecule has 1 aliphatic carbocycles. The van der Waals surface area contributed by atoms with Crippen LogP contribution in [0.3, 0.4) is 0 Å². The molecule has 1 aliphatic rings. The van der Waals surface area contributed by atoms with Crippen molar-refractivity contribution in [1.29, 1.82) is 0 Å². The third-order valence-corrected chi connectivity index (χ3v) is 3.28. The van der Waals surface area contributed by atoms with Gasteiger partial charge >= 0.3 is 5.97 Å². The van der Waals surface area contributed by atoms with Gasteiger partial charge in [-0.25, -0.2) is 0 Å². The molecule has 17 heavy (non-hydrogen) atoms. The second-order valence-electron chi connectivity index (χ2n) is 4.99.